The summed E-state index contributed by atoms with van der Waals surface area (Å²) in [6, 6.07) is 7.18. The third-order valence-corrected chi connectivity index (χ3v) is 4.13. The predicted molar refractivity (Wildman–Crippen MR) is 93.7 cm³/mol. The van der Waals surface area contributed by atoms with Gasteiger partial charge in [0.1, 0.15) is 12.4 Å². The van der Waals surface area contributed by atoms with E-state index in [2.05, 4.69) is 10.1 Å². The SMILES string of the molecule is COC(=O)CCCCCNC(=O)c1cccc(OCC2CCCO2)c1. The summed E-state index contributed by atoms with van der Waals surface area (Å²) in [5.41, 5.74) is 0.583. The van der Waals surface area contributed by atoms with Crippen molar-refractivity contribution >= 4 is 11.9 Å². The zero-order valence-electron chi connectivity index (χ0n) is 14.8. The number of ether oxygens (including phenoxy) is 3. The van der Waals surface area contributed by atoms with Gasteiger partial charge < -0.3 is 19.5 Å². The van der Waals surface area contributed by atoms with E-state index in [-0.39, 0.29) is 18.0 Å². The van der Waals surface area contributed by atoms with E-state index in [4.69, 9.17) is 9.47 Å². The summed E-state index contributed by atoms with van der Waals surface area (Å²) in [7, 11) is 1.39. The first-order valence-electron chi connectivity index (χ1n) is 8.88. The van der Waals surface area contributed by atoms with Crippen LogP contribution < -0.4 is 10.1 Å². The average molecular weight is 349 g/mol. The summed E-state index contributed by atoms with van der Waals surface area (Å²) >= 11 is 0. The zero-order valence-corrected chi connectivity index (χ0v) is 14.8. The normalized spacial score (nSPS) is 16.4. The van der Waals surface area contributed by atoms with Gasteiger partial charge in [0.05, 0.1) is 13.2 Å². The van der Waals surface area contributed by atoms with Crippen molar-refractivity contribution in [3.63, 3.8) is 0 Å². The molecule has 6 heteroatoms. The van der Waals surface area contributed by atoms with Gasteiger partial charge in [-0.2, -0.15) is 0 Å². The Balaban J connectivity index is 1.66. The lowest BCUT2D eigenvalue weighted by atomic mass is 10.1. The summed E-state index contributed by atoms with van der Waals surface area (Å²) in [5.74, 6) is 0.376. The van der Waals surface area contributed by atoms with E-state index in [0.29, 0.717) is 30.9 Å². The molecule has 25 heavy (non-hydrogen) atoms. The van der Waals surface area contributed by atoms with Crippen molar-refractivity contribution in [3.05, 3.63) is 29.8 Å². The van der Waals surface area contributed by atoms with Crippen LogP contribution in [0.25, 0.3) is 0 Å². The van der Waals surface area contributed by atoms with Gasteiger partial charge in [-0.3, -0.25) is 9.59 Å². The molecule has 138 valence electrons. The number of unbranched alkanes of at least 4 members (excludes halogenated alkanes) is 2. The highest BCUT2D eigenvalue weighted by Gasteiger charge is 2.16. The molecule has 1 heterocycles. The van der Waals surface area contributed by atoms with E-state index >= 15 is 0 Å². The van der Waals surface area contributed by atoms with E-state index in [0.717, 1.165) is 38.7 Å². The van der Waals surface area contributed by atoms with Crippen LogP contribution in [0.3, 0.4) is 0 Å². The second-order valence-corrected chi connectivity index (χ2v) is 6.12. The van der Waals surface area contributed by atoms with Crippen molar-refractivity contribution < 1.29 is 23.8 Å². The molecule has 0 saturated carbocycles. The van der Waals surface area contributed by atoms with Gasteiger partial charge in [0.15, 0.2) is 0 Å². The Kier molecular flexibility index (Phi) is 8.25. The Bertz CT molecular complexity index is 555. The fraction of sp³-hybridized carbons (Fsp3) is 0.579. The number of carbonyl (C=O) groups excluding carboxylic acids is 2. The molecule has 1 aromatic rings. The second-order valence-electron chi connectivity index (χ2n) is 6.12. The van der Waals surface area contributed by atoms with E-state index in [1.807, 2.05) is 12.1 Å². The molecule has 0 radical (unpaired) electrons. The van der Waals surface area contributed by atoms with E-state index in [9.17, 15) is 9.59 Å². The van der Waals surface area contributed by atoms with Gasteiger partial charge in [-0.25, -0.2) is 0 Å². The van der Waals surface area contributed by atoms with Gasteiger partial charge in [0, 0.05) is 25.1 Å². The zero-order chi connectivity index (χ0) is 17.9. The maximum atomic E-state index is 12.2. The first-order chi connectivity index (χ1) is 12.2. The number of methoxy groups -OCH3 is 1. The molecule has 2 rings (SSSR count). The number of hydrogen-bond donors (Lipinski definition) is 1. The third kappa shape index (κ3) is 7.13. The van der Waals surface area contributed by atoms with Crippen LogP contribution in [0.15, 0.2) is 24.3 Å². The maximum absolute atomic E-state index is 12.2. The first kappa shape index (κ1) is 19.2. The fourth-order valence-corrected chi connectivity index (χ4v) is 2.67. The van der Waals surface area contributed by atoms with Crippen LogP contribution in [0.2, 0.25) is 0 Å². The Morgan fingerprint density at radius 3 is 2.92 bits per heavy atom. The highest BCUT2D eigenvalue weighted by atomic mass is 16.5. The van der Waals surface area contributed by atoms with Crippen LogP contribution >= 0.6 is 0 Å². The van der Waals surface area contributed by atoms with Gasteiger partial charge in [-0.15, -0.1) is 0 Å². The maximum Gasteiger partial charge on any atom is 0.305 e. The Labute approximate surface area is 148 Å². The van der Waals surface area contributed by atoms with Gasteiger partial charge >= 0.3 is 5.97 Å². The molecule has 1 unspecified atom stereocenters. The minimum Gasteiger partial charge on any atom is -0.491 e. The van der Waals surface area contributed by atoms with Crippen LogP contribution in [-0.2, 0) is 14.3 Å². The largest absolute Gasteiger partial charge is 0.491 e. The molecule has 0 aliphatic carbocycles. The average Bonchev–Trinajstić information content (AvgIpc) is 3.16. The molecule has 1 aliphatic heterocycles. The quantitative estimate of drug-likeness (QED) is 0.519. The standard InChI is InChI=1S/C19H27NO5/c1-23-18(21)10-3-2-4-11-20-19(22)15-7-5-8-16(13-15)25-14-17-9-6-12-24-17/h5,7-8,13,17H,2-4,6,9-12,14H2,1H3,(H,20,22). The van der Waals surface area contributed by atoms with E-state index in [1.165, 1.54) is 7.11 Å². The molecule has 1 atom stereocenters. The molecule has 6 nitrogen and oxygen atoms in total. The highest BCUT2D eigenvalue weighted by molar-refractivity contribution is 5.94. The predicted octanol–water partition coefficient (Wildman–Crippen LogP) is 2.71. The van der Waals surface area contributed by atoms with Crippen LogP contribution in [-0.4, -0.2) is 44.8 Å². The molecule has 1 aliphatic rings. The molecular weight excluding hydrogens is 322 g/mol. The molecule has 1 N–H and O–H groups in total. The molecule has 1 fully saturated rings. The van der Waals surface area contributed by atoms with Crippen LogP contribution in [0.1, 0.15) is 48.9 Å². The molecule has 1 amide bonds. The monoisotopic (exact) mass is 349 g/mol. The molecule has 0 aromatic heterocycles. The molecule has 0 bridgehead atoms. The van der Waals surface area contributed by atoms with Gasteiger partial charge in [0.2, 0.25) is 0 Å². The number of esters is 1. The lowest BCUT2D eigenvalue weighted by Crippen LogP contribution is -2.24. The number of rotatable bonds is 10. The Morgan fingerprint density at radius 2 is 2.16 bits per heavy atom. The lowest BCUT2D eigenvalue weighted by Gasteiger charge is -2.12. The third-order valence-electron chi connectivity index (χ3n) is 4.13. The van der Waals surface area contributed by atoms with Gasteiger partial charge in [0.25, 0.3) is 5.91 Å². The van der Waals surface area contributed by atoms with Crippen LogP contribution in [0.4, 0.5) is 0 Å². The van der Waals surface area contributed by atoms with E-state index in [1.54, 1.807) is 12.1 Å². The summed E-state index contributed by atoms with van der Waals surface area (Å²) in [4.78, 5) is 23.2. The van der Waals surface area contributed by atoms with Crippen LogP contribution in [0.5, 0.6) is 5.75 Å². The molecular formula is C19H27NO5. The number of benzene rings is 1. The van der Waals surface area contributed by atoms with Crippen molar-refractivity contribution in [1.29, 1.82) is 0 Å². The second kappa shape index (κ2) is 10.7. The number of hydrogen-bond acceptors (Lipinski definition) is 5. The Morgan fingerprint density at radius 1 is 1.28 bits per heavy atom. The van der Waals surface area contributed by atoms with Crippen molar-refractivity contribution in [2.75, 3.05) is 26.9 Å². The summed E-state index contributed by atoms with van der Waals surface area (Å²) in [6.07, 6.45) is 5.16. The van der Waals surface area contributed by atoms with Gasteiger partial charge in [-0.05, 0) is 43.9 Å². The number of carbonyl (C=O) groups is 2. The summed E-state index contributed by atoms with van der Waals surface area (Å²) in [5, 5.41) is 2.89. The molecule has 1 saturated heterocycles. The highest BCUT2D eigenvalue weighted by Crippen LogP contribution is 2.17. The van der Waals surface area contributed by atoms with E-state index < -0.39 is 0 Å². The smallest absolute Gasteiger partial charge is 0.305 e. The lowest BCUT2D eigenvalue weighted by molar-refractivity contribution is -0.140. The first-order valence-corrected chi connectivity index (χ1v) is 8.88. The topological polar surface area (TPSA) is 73.9 Å². The van der Waals surface area contributed by atoms with Crippen molar-refractivity contribution in [3.8, 4) is 5.75 Å². The van der Waals surface area contributed by atoms with Crippen molar-refractivity contribution in [2.24, 2.45) is 0 Å². The Hall–Kier alpha value is -2.08. The molecule has 0 spiro atoms. The van der Waals surface area contributed by atoms with Crippen molar-refractivity contribution in [2.45, 2.75) is 44.6 Å². The summed E-state index contributed by atoms with van der Waals surface area (Å²) in [6.45, 7) is 1.91. The molecule has 1 aromatic carbocycles. The fourth-order valence-electron chi connectivity index (χ4n) is 2.67. The van der Waals surface area contributed by atoms with Crippen LogP contribution in [0, 0.1) is 0 Å². The minimum atomic E-state index is -0.191. The number of nitrogens with one attached hydrogen (secondary N) is 1. The minimum absolute atomic E-state index is 0.115. The van der Waals surface area contributed by atoms with Crippen molar-refractivity contribution in [1.82, 2.24) is 5.32 Å². The number of amides is 1. The summed E-state index contributed by atoms with van der Waals surface area (Å²) < 4.78 is 15.8. The van der Waals surface area contributed by atoms with Gasteiger partial charge in [-0.1, -0.05) is 12.5 Å².